The van der Waals surface area contributed by atoms with Crippen molar-refractivity contribution < 1.29 is 9.52 Å². The van der Waals surface area contributed by atoms with E-state index in [-0.39, 0.29) is 11.7 Å². The molecule has 0 aliphatic heterocycles. The van der Waals surface area contributed by atoms with Gasteiger partial charge in [-0.1, -0.05) is 31.2 Å². The molecule has 1 atom stereocenters. The summed E-state index contributed by atoms with van der Waals surface area (Å²) < 4.78 is 6.94. The highest BCUT2D eigenvalue weighted by Crippen LogP contribution is 2.37. The van der Waals surface area contributed by atoms with E-state index in [0.29, 0.717) is 0 Å². The van der Waals surface area contributed by atoms with Gasteiger partial charge in [0.15, 0.2) is 0 Å². The van der Waals surface area contributed by atoms with E-state index < -0.39 is 0 Å². The van der Waals surface area contributed by atoms with Crippen molar-refractivity contribution >= 4 is 26.9 Å². The smallest absolute Gasteiger partial charge is 0.135 e. The van der Waals surface area contributed by atoms with Gasteiger partial charge < -0.3 is 9.52 Å². The van der Waals surface area contributed by atoms with E-state index in [1.54, 1.807) is 12.1 Å². The Kier molecular flexibility index (Phi) is 3.07. The molecule has 0 aliphatic rings. The number of aromatic hydroxyl groups is 1. The van der Waals surface area contributed by atoms with E-state index >= 15 is 0 Å². The molecule has 1 heterocycles. The zero-order valence-corrected chi connectivity index (χ0v) is 12.0. The van der Waals surface area contributed by atoms with Gasteiger partial charge in [-0.15, -0.1) is 0 Å². The molecule has 19 heavy (non-hydrogen) atoms. The number of furan rings is 1. The second-order valence-corrected chi connectivity index (χ2v) is 5.38. The van der Waals surface area contributed by atoms with Crippen LogP contribution in [-0.4, -0.2) is 5.11 Å². The maximum Gasteiger partial charge on any atom is 0.135 e. The van der Waals surface area contributed by atoms with Crippen molar-refractivity contribution in [3.05, 3.63) is 64.3 Å². The summed E-state index contributed by atoms with van der Waals surface area (Å²) in [4.78, 5) is 0. The van der Waals surface area contributed by atoms with Gasteiger partial charge in [0.25, 0.3) is 0 Å². The zero-order valence-electron chi connectivity index (χ0n) is 10.4. The number of para-hydroxylation sites is 1. The van der Waals surface area contributed by atoms with Crippen LogP contribution in [0.25, 0.3) is 11.0 Å². The fraction of sp³-hybridized carbons (Fsp3) is 0.125. The summed E-state index contributed by atoms with van der Waals surface area (Å²) in [6.45, 7) is 2.09. The highest BCUT2D eigenvalue weighted by molar-refractivity contribution is 9.10. The molecule has 2 aromatic carbocycles. The van der Waals surface area contributed by atoms with Crippen LogP contribution in [0.2, 0.25) is 0 Å². The molecular weight excluding hydrogens is 304 g/mol. The van der Waals surface area contributed by atoms with Crippen molar-refractivity contribution in [1.82, 2.24) is 0 Å². The minimum Gasteiger partial charge on any atom is -0.508 e. The first-order valence-electron chi connectivity index (χ1n) is 6.12. The highest BCUT2D eigenvalue weighted by Gasteiger charge is 2.18. The van der Waals surface area contributed by atoms with Crippen LogP contribution in [0.3, 0.4) is 0 Å². The number of phenolic OH excluding ortho intramolecular Hbond substituents is 1. The van der Waals surface area contributed by atoms with Crippen LogP contribution in [0.1, 0.15) is 24.2 Å². The SMILES string of the molecule is CC(c1ccc(O)cc1)c1oc2ccccc2c1Br. The molecule has 1 aromatic heterocycles. The number of halogens is 1. The fourth-order valence-corrected chi connectivity index (χ4v) is 2.98. The van der Waals surface area contributed by atoms with Crippen molar-refractivity contribution in [2.24, 2.45) is 0 Å². The quantitative estimate of drug-likeness (QED) is 0.717. The van der Waals surface area contributed by atoms with Crippen molar-refractivity contribution in [2.45, 2.75) is 12.8 Å². The van der Waals surface area contributed by atoms with Crippen molar-refractivity contribution in [3.8, 4) is 5.75 Å². The number of rotatable bonds is 2. The molecule has 3 aromatic rings. The summed E-state index contributed by atoms with van der Waals surface area (Å²) in [6.07, 6.45) is 0. The monoisotopic (exact) mass is 316 g/mol. The van der Waals surface area contributed by atoms with E-state index in [1.165, 1.54) is 0 Å². The third-order valence-electron chi connectivity index (χ3n) is 3.35. The van der Waals surface area contributed by atoms with Crippen molar-refractivity contribution in [3.63, 3.8) is 0 Å². The molecule has 2 nitrogen and oxygen atoms in total. The Hall–Kier alpha value is -1.74. The molecule has 0 saturated heterocycles. The average Bonchev–Trinajstić information content (AvgIpc) is 2.77. The van der Waals surface area contributed by atoms with Crippen LogP contribution in [-0.2, 0) is 0 Å². The van der Waals surface area contributed by atoms with E-state index in [4.69, 9.17) is 4.42 Å². The minimum atomic E-state index is 0.127. The Morgan fingerprint density at radius 3 is 2.42 bits per heavy atom. The Labute approximate surface area is 119 Å². The topological polar surface area (TPSA) is 33.4 Å². The Morgan fingerprint density at radius 2 is 1.74 bits per heavy atom. The van der Waals surface area contributed by atoms with Gasteiger partial charge in [0, 0.05) is 11.3 Å². The van der Waals surface area contributed by atoms with Crippen LogP contribution >= 0.6 is 15.9 Å². The summed E-state index contributed by atoms with van der Waals surface area (Å²) in [5.74, 6) is 1.31. The Balaban J connectivity index is 2.08. The third kappa shape index (κ3) is 2.15. The van der Waals surface area contributed by atoms with Crippen molar-refractivity contribution in [2.75, 3.05) is 0 Å². The lowest BCUT2D eigenvalue weighted by atomic mass is 9.98. The van der Waals surface area contributed by atoms with Gasteiger partial charge in [-0.05, 0) is 45.8 Å². The average molecular weight is 317 g/mol. The summed E-state index contributed by atoms with van der Waals surface area (Å²) >= 11 is 3.62. The maximum absolute atomic E-state index is 9.35. The lowest BCUT2D eigenvalue weighted by Crippen LogP contribution is -1.94. The summed E-state index contributed by atoms with van der Waals surface area (Å²) in [6, 6.07) is 15.2. The molecule has 1 N–H and O–H groups in total. The van der Waals surface area contributed by atoms with Crippen molar-refractivity contribution in [1.29, 1.82) is 0 Å². The molecule has 0 radical (unpaired) electrons. The molecule has 0 fully saturated rings. The number of benzene rings is 2. The molecule has 0 spiro atoms. The molecule has 1 unspecified atom stereocenters. The minimum absolute atomic E-state index is 0.127. The van der Waals surface area contributed by atoms with Crippen LogP contribution in [0.15, 0.2) is 57.4 Å². The van der Waals surface area contributed by atoms with E-state index in [1.807, 2.05) is 36.4 Å². The zero-order chi connectivity index (χ0) is 13.4. The predicted molar refractivity (Wildman–Crippen MR) is 79.5 cm³/mol. The van der Waals surface area contributed by atoms with Gasteiger partial charge in [0.2, 0.25) is 0 Å². The van der Waals surface area contributed by atoms with Gasteiger partial charge in [-0.3, -0.25) is 0 Å². The molecule has 0 amide bonds. The predicted octanol–water partition coefficient (Wildman–Crippen LogP) is 5.05. The fourth-order valence-electron chi connectivity index (χ4n) is 2.23. The number of hydrogen-bond donors (Lipinski definition) is 1. The third-order valence-corrected chi connectivity index (χ3v) is 4.16. The van der Waals surface area contributed by atoms with Gasteiger partial charge in [0.05, 0.1) is 4.47 Å². The molecular formula is C16H13BrO2. The van der Waals surface area contributed by atoms with Crippen LogP contribution < -0.4 is 0 Å². The van der Waals surface area contributed by atoms with Gasteiger partial charge in [0.1, 0.15) is 17.1 Å². The van der Waals surface area contributed by atoms with Crippen LogP contribution in [0.4, 0.5) is 0 Å². The van der Waals surface area contributed by atoms with E-state index in [0.717, 1.165) is 26.8 Å². The lowest BCUT2D eigenvalue weighted by molar-refractivity contribution is 0.474. The Morgan fingerprint density at radius 1 is 1.05 bits per heavy atom. The standard InChI is InChI=1S/C16H13BrO2/c1-10(11-6-8-12(18)9-7-11)16-15(17)13-4-2-3-5-14(13)19-16/h2-10,18H,1H3. The number of hydrogen-bond acceptors (Lipinski definition) is 2. The van der Waals surface area contributed by atoms with E-state index in [9.17, 15) is 5.11 Å². The largest absolute Gasteiger partial charge is 0.508 e. The Bertz CT molecular complexity index is 713. The molecule has 0 saturated carbocycles. The maximum atomic E-state index is 9.35. The second-order valence-electron chi connectivity index (χ2n) is 4.59. The molecule has 0 bridgehead atoms. The summed E-state index contributed by atoms with van der Waals surface area (Å²) in [5, 5.41) is 10.4. The van der Waals surface area contributed by atoms with Crippen LogP contribution in [0, 0.1) is 0 Å². The van der Waals surface area contributed by atoms with Gasteiger partial charge >= 0.3 is 0 Å². The molecule has 3 rings (SSSR count). The number of fused-ring (bicyclic) bond motifs is 1. The molecule has 3 heteroatoms. The number of phenols is 1. The highest BCUT2D eigenvalue weighted by atomic mass is 79.9. The first-order valence-corrected chi connectivity index (χ1v) is 6.92. The molecule has 0 aliphatic carbocycles. The second kappa shape index (κ2) is 4.74. The van der Waals surface area contributed by atoms with Gasteiger partial charge in [-0.25, -0.2) is 0 Å². The first kappa shape index (κ1) is 12.3. The van der Waals surface area contributed by atoms with Gasteiger partial charge in [-0.2, -0.15) is 0 Å². The summed E-state index contributed by atoms with van der Waals surface area (Å²) in [7, 11) is 0. The van der Waals surface area contributed by atoms with E-state index in [2.05, 4.69) is 22.9 Å². The first-order chi connectivity index (χ1) is 9.16. The summed E-state index contributed by atoms with van der Waals surface area (Å²) in [5.41, 5.74) is 1.99. The van der Waals surface area contributed by atoms with Crippen LogP contribution in [0.5, 0.6) is 5.75 Å². The normalized spacial score (nSPS) is 12.7. The lowest BCUT2D eigenvalue weighted by Gasteiger charge is -2.09. The molecule has 96 valence electrons.